The fraction of sp³-hybridized carbons (Fsp3) is 0.286. The molecule has 1 aliphatic heterocycles. The number of thiazole rings is 1. The van der Waals surface area contributed by atoms with Gasteiger partial charge < -0.3 is 9.64 Å². The summed E-state index contributed by atoms with van der Waals surface area (Å²) in [6, 6.07) is 17.1. The van der Waals surface area contributed by atoms with Crippen molar-refractivity contribution in [2.45, 2.75) is 23.3 Å². The maximum Gasteiger partial charge on any atom is 0.317 e. The van der Waals surface area contributed by atoms with Gasteiger partial charge in [0.15, 0.2) is 4.34 Å². The number of rotatable bonds is 6. The maximum absolute atomic E-state index is 12.9. The van der Waals surface area contributed by atoms with Crippen molar-refractivity contribution < 1.29 is 14.3 Å². The Morgan fingerprint density at radius 2 is 1.79 bits per heavy atom. The van der Waals surface area contributed by atoms with E-state index in [1.54, 1.807) is 16.2 Å². The first-order valence-corrected chi connectivity index (χ1v) is 11.0. The molecule has 1 atom stereocenters. The lowest BCUT2D eigenvalue weighted by Gasteiger charge is -2.23. The second-order valence-electron chi connectivity index (χ2n) is 6.55. The van der Waals surface area contributed by atoms with Gasteiger partial charge in [-0.1, -0.05) is 54.2 Å². The first kappa shape index (κ1) is 19.0. The van der Waals surface area contributed by atoms with Crippen LogP contribution in [0, 0.1) is 0 Å². The van der Waals surface area contributed by atoms with Crippen molar-refractivity contribution in [1.29, 1.82) is 0 Å². The fourth-order valence-electron chi connectivity index (χ4n) is 3.19. The Balaban J connectivity index is 1.43. The van der Waals surface area contributed by atoms with Crippen molar-refractivity contribution in [3.05, 3.63) is 60.2 Å². The molecular formula is C21H20N2O3S2. The van der Waals surface area contributed by atoms with E-state index >= 15 is 0 Å². The van der Waals surface area contributed by atoms with Crippen LogP contribution < -0.4 is 0 Å². The summed E-state index contributed by atoms with van der Waals surface area (Å²) in [6.07, 6.45) is 1.10. The van der Waals surface area contributed by atoms with Gasteiger partial charge in [0.2, 0.25) is 6.10 Å². The normalized spacial score (nSPS) is 14.9. The molecule has 1 aromatic heterocycles. The van der Waals surface area contributed by atoms with Crippen LogP contribution in [-0.2, 0) is 14.3 Å². The third-order valence-electron chi connectivity index (χ3n) is 4.58. The summed E-state index contributed by atoms with van der Waals surface area (Å²) in [4.78, 5) is 31.7. The molecule has 2 heterocycles. The summed E-state index contributed by atoms with van der Waals surface area (Å²) in [5.41, 5.74) is 1.63. The zero-order chi connectivity index (χ0) is 19.3. The number of para-hydroxylation sites is 1. The van der Waals surface area contributed by atoms with Gasteiger partial charge in [-0.2, -0.15) is 0 Å². The average Bonchev–Trinajstić information content (AvgIpc) is 3.40. The van der Waals surface area contributed by atoms with E-state index in [0.717, 1.165) is 40.5 Å². The van der Waals surface area contributed by atoms with E-state index in [2.05, 4.69) is 4.98 Å². The molecule has 1 aliphatic rings. The zero-order valence-electron chi connectivity index (χ0n) is 15.2. The van der Waals surface area contributed by atoms with E-state index < -0.39 is 12.1 Å². The first-order valence-electron chi connectivity index (χ1n) is 9.22. The predicted octanol–water partition coefficient (Wildman–Crippen LogP) is 4.30. The summed E-state index contributed by atoms with van der Waals surface area (Å²) in [5, 5.41) is 0. The van der Waals surface area contributed by atoms with Crippen LogP contribution in [0.15, 0.2) is 58.9 Å². The van der Waals surface area contributed by atoms with E-state index in [0.29, 0.717) is 5.56 Å². The van der Waals surface area contributed by atoms with Crippen molar-refractivity contribution in [3.8, 4) is 0 Å². The second-order valence-corrected chi connectivity index (χ2v) is 8.80. The Morgan fingerprint density at radius 3 is 2.54 bits per heavy atom. The number of likely N-dealkylation sites (tertiary alicyclic amines) is 1. The molecule has 0 unspecified atom stereocenters. The van der Waals surface area contributed by atoms with Gasteiger partial charge >= 0.3 is 5.97 Å². The molecule has 0 spiro atoms. The molecule has 0 aliphatic carbocycles. The zero-order valence-corrected chi connectivity index (χ0v) is 16.9. The van der Waals surface area contributed by atoms with Gasteiger partial charge in [-0.05, 0) is 25.0 Å². The minimum absolute atomic E-state index is 0.121. The van der Waals surface area contributed by atoms with E-state index in [-0.39, 0.29) is 11.7 Å². The largest absolute Gasteiger partial charge is 0.447 e. The predicted molar refractivity (Wildman–Crippen MR) is 111 cm³/mol. The summed E-state index contributed by atoms with van der Waals surface area (Å²) >= 11 is 2.89. The van der Waals surface area contributed by atoms with Crippen LogP contribution in [0.3, 0.4) is 0 Å². The molecule has 0 saturated carbocycles. The molecule has 0 bridgehead atoms. The van der Waals surface area contributed by atoms with Crippen LogP contribution in [0.1, 0.15) is 24.5 Å². The molecule has 5 nitrogen and oxygen atoms in total. The monoisotopic (exact) mass is 412 g/mol. The summed E-state index contributed by atoms with van der Waals surface area (Å²) in [5.74, 6) is -0.427. The van der Waals surface area contributed by atoms with Crippen molar-refractivity contribution in [3.63, 3.8) is 0 Å². The third kappa shape index (κ3) is 4.36. The van der Waals surface area contributed by atoms with Crippen molar-refractivity contribution in [2.24, 2.45) is 0 Å². The molecule has 4 rings (SSSR count). The first-order chi connectivity index (χ1) is 13.7. The SMILES string of the molecule is O=C(CSc1nc2ccccc2s1)O[C@H](C(=O)N1CCCC1)c1ccccc1. The van der Waals surface area contributed by atoms with Gasteiger partial charge in [-0.15, -0.1) is 11.3 Å². The van der Waals surface area contributed by atoms with Gasteiger partial charge in [0.25, 0.3) is 5.91 Å². The van der Waals surface area contributed by atoms with Crippen LogP contribution in [0.2, 0.25) is 0 Å². The molecule has 28 heavy (non-hydrogen) atoms. The number of esters is 1. The number of aromatic nitrogens is 1. The van der Waals surface area contributed by atoms with Gasteiger partial charge in [-0.25, -0.2) is 4.98 Å². The Labute approximate surface area is 171 Å². The van der Waals surface area contributed by atoms with Gasteiger partial charge in [-0.3, -0.25) is 9.59 Å². The van der Waals surface area contributed by atoms with Crippen LogP contribution >= 0.6 is 23.1 Å². The number of ether oxygens (including phenoxy) is 1. The maximum atomic E-state index is 12.9. The van der Waals surface area contributed by atoms with Crippen LogP contribution in [0.4, 0.5) is 0 Å². The quantitative estimate of drug-likeness (QED) is 0.446. The molecule has 3 aromatic rings. The molecule has 0 radical (unpaired) electrons. The minimum Gasteiger partial charge on any atom is -0.447 e. The van der Waals surface area contributed by atoms with E-state index in [9.17, 15) is 9.59 Å². The Morgan fingerprint density at radius 1 is 1.07 bits per heavy atom. The fourth-order valence-corrected chi connectivity index (χ4v) is 5.04. The van der Waals surface area contributed by atoms with Crippen molar-refractivity contribution >= 4 is 45.2 Å². The van der Waals surface area contributed by atoms with E-state index in [4.69, 9.17) is 4.74 Å². The Bertz CT molecular complexity index is 935. The van der Waals surface area contributed by atoms with E-state index in [1.807, 2.05) is 54.6 Å². The molecular weight excluding hydrogens is 392 g/mol. The number of benzene rings is 2. The Hall–Kier alpha value is -2.38. The molecule has 1 saturated heterocycles. The molecule has 144 valence electrons. The van der Waals surface area contributed by atoms with Gasteiger partial charge in [0.05, 0.1) is 16.0 Å². The number of fused-ring (bicyclic) bond motifs is 1. The number of amides is 1. The third-order valence-corrected chi connectivity index (χ3v) is 6.73. The standard InChI is InChI=1S/C21H20N2O3S2/c24-18(14-27-21-22-16-10-4-5-11-17(16)28-21)26-19(15-8-2-1-3-9-15)20(25)23-12-6-7-13-23/h1-5,8-11,19H,6-7,12-14H2/t19-/m0/s1. The molecule has 1 fully saturated rings. The highest BCUT2D eigenvalue weighted by molar-refractivity contribution is 8.01. The Kier molecular flexibility index (Phi) is 5.92. The number of nitrogens with zero attached hydrogens (tertiary/aromatic N) is 2. The number of thioether (sulfide) groups is 1. The molecule has 2 aromatic carbocycles. The lowest BCUT2D eigenvalue weighted by atomic mass is 10.1. The lowest BCUT2D eigenvalue weighted by molar-refractivity contribution is -0.158. The highest BCUT2D eigenvalue weighted by atomic mass is 32.2. The average molecular weight is 413 g/mol. The highest BCUT2D eigenvalue weighted by Crippen LogP contribution is 2.30. The molecule has 1 amide bonds. The summed E-state index contributed by atoms with van der Waals surface area (Å²) in [6.45, 7) is 1.44. The number of hydrogen-bond donors (Lipinski definition) is 0. The summed E-state index contributed by atoms with van der Waals surface area (Å²) in [7, 11) is 0. The lowest BCUT2D eigenvalue weighted by Crippen LogP contribution is -2.35. The number of carbonyl (C=O) groups excluding carboxylic acids is 2. The number of hydrogen-bond acceptors (Lipinski definition) is 6. The number of carbonyl (C=O) groups is 2. The van der Waals surface area contributed by atoms with Crippen molar-refractivity contribution in [1.82, 2.24) is 9.88 Å². The van der Waals surface area contributed by atoms with Crippen molar-refractivity contribution in [2.75, 3.05) is 18.8 Å². The smallest absolute Gasteiger partial charge is 0.317 e. The topological polar surface area (TPSA) is 59.5 Å². The minimum atomic E-state index is -0.886. The van der Waals surface area contributed by atoms with Crippen LogP contribution in [0.25, 0.3) is 10.2 Å². The molecule has 7 heteroatoms. The van der Waals surface area contributed by atoms with Gasteiger partial charge in [0, 0.05) is 18.7 Å². The second kappa shape index (κ2) is 8.75. The highest BCUT2D eigenvalue weighted by Gasteiger charge is 2.30. The van der Waals surface area contributed by atoms with E-state index in [1.165, 1.54) is 11.8 Å². The van der Waals surface area contributed by atoms with Crippen LogP contribution in [0.5, 0.6) is 0 Å². The molecule has 0 N–H and O–H groups in total. The summed E-state index contributed by atoms with van der Waals surface area (Å²) < 4.78 is 7.54. The van der Waals surface area contributed by atoms with Gasteiger partial charge in [0.1, 0.15) is 0 Å². The van der Waals surface area contributed by atoms with Crippen LogP contribution in [-0.4, -0.2) is 40.6 Å².